The molecule has 1 heterocycles. The van der Waals surface area contributed by atoms with Crippen molar-refractivity contribution in [2.24, 2.45) is 0 Å². The molecule has 1 rings (SSSR count). The summed E-state index contributed by atoms with van der Waals surface area (Å²) in [7, 11) is 0. The molecule has 0 N–H and O–H groups in total. The first kappa shape index (κ1) is 14.0. The average Bonchev–Trinajstić information content (AvgIpc) is 2.13. The molecule has 1 aromatic heterocycles. The van der Waals surface area contributed by atoms with E-state index in [1.807, 2.05) is 0 Å². The van der Waals surface area contributed by atoms with Gasteiger partial charge in [0.15, 0.2) is 0 Å². The van der Waals surface area contributed by atoms with Crippen LogP contribution in [0.2, 0.25) is 0 Å². The predicted octanol–water partition coefficient (Wildman–Crippen LogP) is 3.55. The molecule has 0 bridgehead atoms. The molecule has 0 fully saturated rings. The van der Waals surface area contributed by atoms with Crippen molar-refractivity contribution >= 4 is 28.4 Å². The first-order valence-corrected chi connectivity index (χ1v) is 4.92. The summed E-state index contributed by atoms with van der Waals surface area (Å²) in [6.45, 7) is 0. The van der Waals surface area contributed by atoms with E-state index in [1.165, 1.54) is 0 Å². The Morgan fingerprint density at radius 2 is 1.94 bits per heavy atom. The van der Waals surface area contributed by atoms with Gasteiger partial charge in [-0.3, -0.25) is 0 Å². The van der Waals surface area contributed by atoms with Gasteiger partial charge in [0.05, 0.1) is 0 Å². The van der Waals surface area contributed by atoms with Gasteiger partial charge < -0.3 is 10.1 Å². The van der Waals surface area contributed by atoms with Crippen LogP contribution in [0.5, 0.6) is 0 Å². The number of pyridine rings is 1. The number of nitrogens with zero attached hydrogens (tertiary/aromatic N) is 2. The lowest BCUT2D eigenvalue weighted by molar-refractivity contribution is -0.389. The molecule has 0 atom stereocenters. The van der Waals surface area contributed by atoms with E-state index in [1.54, 1.807) is 0 Å². The highest BCUT2D eigenvalue weighted by Crippen LogP contribution is 2.39. The number of hydrogen-bond acceptors (Lipinski definition) is 3. The van der Waals surface area contributed by atoms with Crippen LogP contribution in [0.15, 0.2) is 6.07 Å². The third kappa shape index (κ3) is 2.98. The Morgan fingerprint density at radius 1 is 1.41 bits per heavy atom. The van der Waals surface area contributed by atoms with Crippen molar-refractivity contribution in [3.63, 3.8) is 0 Å². The van der Waals surface area contributed by atoms with Crippen molar-refractivity contribution in [1.82, 2.24) is 4.98 Å². The Kier molecular flexibility index (Phi) is 3.84. The summed E-state index contributed by atoms with van der Waals surface area (Å²) >= 11 is 1.03. The maximum Gasteiger partial charge on any atom is 0.421 e. The quantitative estimate of drug-likeness (QED) is 0.264. The van der Waals surface area contributed by atoms with Crippen LogP contribution in [-0.4, -0.2) is 9.91 Å². The molecule has 0 radical (unpaired) electrons. The van der Waals surface area contributed by atoms with Crippen LogP contribution in [0, 0.1) is 13.8 Å². The molecule has 1 aromatic rings. The summed E-state index contributed by atoms with van der Waals surface area (Å²) in [5.41, 5.74) is -3.08. The average molecular weight is 368 g/mol. The topological polar surface area (TPSA) is 56.0 Å². The summed E-state index contributed by atoms with van der Waals surface area (Å²) in [6.07, 6.45) is -8.51. The van der Waals surface area contributed by atoms with E-state index in [9.17, 15) is 32.1 Å². The van der Waals surface area contributed by atoms with Gasteiger partial charge in [-0.1, -0.05) is 0 Å². The van der Waals surface area contributed by atoms with E-state index >= 15 is 0 Å². The SMILES string of the molecule is O=[N+]([O-])c1cc(C(F)F)c(C(F)(F)F)c(I)n1. The highest BCUT2D eigenvalue weighted by Gasteiger charge is 2.41. The number of hydrogen-bond donors (Lipinski definition) is 0. The predicted molar refractivity (Wildman–Crippen MR) is 53.6 cm³/mol. The van der Waals surface area contributed by atoms with Crippen molar-refractivity contribution in [3.8, 4) is 0 Å². The van der Waals surface area contributed by atoms with E-state index in [0.29, 0.717) is 0 Å². The Balaban J connectivity index is 3.55. The van der Waals surface area contributed by atoms with Crippen molar-refractivity contribution in [1.29, 1.82) is 0 Å². The summed E-state index contributed by atoms with van der Waals surface area (Å²) in [5.74, 6) is -1.04. The van der Waals surface area contributed by atoms with Crippen LogP contribution in [0.1, 0.15) is 17.6 Å². The van der Waals surface area contributed by atoms with E-state index in [0.717, 1.165) is 22.6 Å². The van der Waals surface area contributed by atoms with E-state index in [2.05, 4.69) is 4.98 Å². The third-order valence-corrected chi connectivity index (χ3v) is 2.48. The van der Waals surface area contributed by atoms with Gasteiger partial charge in [0.1, 0.15) is 5.56 Å². The lowest BCUT2D eigenvalue weighted by atomic mass is 10.1. The normalized spacial score (nSPS) is 11.9. The fourth-order valence-corrected chi connectivity index (χ4v) is 1.93. The monoisotopic (exact) mass is 368 g/mol. The van der Waals surface area contributed by atoms with Crippen LogP contribution >= 0.6 is 22.6 Å². The molecule has 10 heteroatoms. The van der Waals surface area contributed by atoms with Crippen LogP contribution < -0.4 is 0 Å². The molecule has 0 unspecified atom stereocenters. The summed E-state index contributed by atoms with van der Waals surface area (Å²) in [5, 5.41) is 10.3. The second kappa shape index (κ2) is 4.66. The molecular formula is C7H2F5IN2O2. The van der Waals surface area contributed by atoms with Crippen LogP contribution in [-0.2, 0) is 6.18 Å². The fraction of sp³-hybridized carbons (Fsp3) is 0.286. The number of halogens is 6. The molecule has 0 aliphatic heterocycles. The molecule has 0 saturated heterocycles. The summed E-state index contributed by atoms with van der Waals surface area (Å²) in [4.78, 5) is 12.2. The number of aromatic nitrogens is 1. The minimum atomic E-state index is -5.04. The Bertz CT molecular complexity index is 462. The highest BCUT2D eigenvalue weighted by molar-refractivity contribution is 14.1. The highest BCUT2D eigenvalue weighted by atomic mass is 127. The smallest absolute Gasteiger partial charge is 0.358 e. The van der Waals surface area contributed by atoms with Gasteiger partial charge in [-0.15, -0.1) is 0 Å². The van der Waals surface area contributed by atoms with Crippen molar-refractivity contribution < 1.29 is 26.9 Å². The number of rotatable bonds is 2. The van der Waals surface area contributed by atoms with Crippen molar-refractivity contribution in [3.05, 3.63) is 31.0 Å². The zero-order valence-electron chi connectivity index (χ0n) is 7.63. The van der Waals surface area contributed by atoms with Gasteiger partial charge in [-0.05, 0) is 9.91 Å². The van der Waals surface area contributed by atoms with Crippen LogP contribution in [0.4, 0.5) is 27.8 Å². The second-order valence-electron chi connectivity index (χ2n) is 2.79. The molecule has 0 aliphatic rings. The molecule has 0 amide bonds. The molecule has 0 aliphatic carbocycles. The largest absolute Gasteiger partial charge is 0.421 e. The number of nitro groups is 1. The molecule has 0 aromatic carbocycles. The first-order valence-electron chi connectivity index (χ1n) is 3.84. The maximum atomic E-state index is 12.5. The van der Waals surface area contributed by atoms with Gasteiger partial charge in [-0.25, -0.2) is 8.78 Å². The minimum absolute atomic E-state index is 0.135. The standard InChI is InChI=1S/C7H2F5IN2O2/c8-5(9)2-1-3(15(16)17)14-6(13)4(2)7(10,11)12/h1,5H. The Labute approximate surface area is 104 Å². The molecule has 0 saturated carbocycles. The second-order valence-corrected chi connectivity index (χ2v) is 3.81. The van der Waals surface area contributed by atoms with E-state index in [-0.39, 0.29) is 6.07 Å². The Morgan fingerprint density at radius 3 is 2.29 bits per heavy atom. The first-order chi connectivity index (χ1) is 7.64. The lowest BCUT2D eigenvalue weighted by Crippen LogP contribution is -2.14. The Hall–Kier alpha value is -1.07. The third-order valence-electron chi connectivity index (χ3n) is 1.70. The fourth-order valence-electron chi connectivity index (χ4n) is 1.07. The van der Waals surface area contributed by atoms with E-state index < -0.39 is 38.2 Å². The van der Waals surface area contributed by atoms with Gasteiger partial charge in [0, 0.05) is 34.2 Å². The van der Waals surface area contributed by atoms with Crippen molar-refractivity contribution in [2.75, 3.05) is 0 Å². The van der Waals surface area contributed by atoms with Crippen molar-refractivity contribution in [2.45, 2.75) is 12.6 Å². The number of alkyl halides is 5. The molecule has 4 nitrogen and oxygen atoms in total. The molecular weight excluding hydrogens is 366 g/mol. The minimum Gasteiger partial charge on any atom is -0.358 e. The zero-order valence-corrected chi connectivity index (χ0v) is 9.79. The lowest BCUT2D eigenvalue weighted by Gasteiger charge is -2.11. The van der Waals surface area contributed by atoms with Crippen LogP contribution in [0.3, 0.4) is 0 Å². The molecule has 94 valence electrons. The maximum absolute atomic E-state index is 12.5. The molecule has 17 heavy (non-hydrogen) atoms. The zero-order chi connectivity index (χ0) is 13.4. The van der Waals surface area contributed by atoms with Gasteiger partial charge in [0.2, 0.25) is 3.70 Å². The van der Waals surface area contributed by atoms with Gasteiger partial charge in [0.25, 0.3) is 6.43 Å². The van der Waals surface area contributed by atoms with E-state index in [4.69, 9.17) is 0 Å². The van der Waals surface area contributed by atoms with Gasteiger partial charge >= 0.3 is 12.0 Å². The summed E-state index contributed by atoms with van der Waals surface area (Å²) < 4.78 is 61.3. The summed E-state index contributed by atoms with van der Waals surface area (Å²) in [6, 6.07) is 0.135. The van der Waals surface area contributed by atoms with Crippen LogP contribution in [0.25, 0.3) is 0 Å². The molecule has 0 spiro atoms. The van der Waals surface area contributed by atoms with Gasteiger partial charge in [-0.2, -0.15) is 13.2 Å².